The average molecular weight is 1050 g/mol. The third-order valence-corrected chi connectivity index (χ3v) is 11.9. The van der Waals surface area contributed by atoms with Crippen LogP contribution in [0.1, 0.15) is 65.4 Å². The molecule has 0 aliphatic carbocycles. The van der Waals surface area contributed by atoms with Gasteiger partial charge in [0.15, 0.2) is 0 Å². The number of hydrogen-bond donors (Lipinski definition) is 0. The van der Waals surface area contributed by atoms with E-state index in [1.165, 1.54) is 38.9 Å². The van der Waals surface area contributed by atoms with Crippen LogP contribution in [0.3, 0.4) is 0 Å². The Labute approximate surface area is 408 Å². The summed E-state index contributed by atoms with van der Waals surface area (Å²) in [6.07, 6.45) is 11.5. The van der Waals surface area contributed by atoms with Crippen LogP contribution in [0.5, 0.6) is 0 Å². The van der Waals surface area contributed by atoms with E-state index in [4.69, 9.17) is 4.42 Å². The minimum Gasteiger partial charge on any atom is -0.486 e. The van der Waals surface area contributed by atoms with Crippen molar-refractivity contribution in [3.63, 3.8) is 0 Å². The molecule has 0 spiro atoms. The van der Waals surface area contributed by atoms with Gasteiger partial charge in [-0.3, -0.25) is 0 Å². The number of hydrogen-bond acceptors (Lipinski definition) is 5. The van der Waals surface area contributed by atoms with Crippen molar-refractivity contribution in [1.82, 2.24) is 19.9 Å². The Morgan fingerprint density at radius 3 is 1.82 bits per heavy atom. The fourth-order valence-electron chi connectivity index (χ4n) is 8.62. The Hall–Kier alpha value is -6.85. The molecule has 0 saturated carbocycles. The van der Waals surface area contributed by atoms with E-state index in [0.717, 1.165) is 94.3 Å². The summed E-state index contributed by atoms with van der Waals surface area (Å²) in [4.78, 5) is 18.1. The summed E-state index contributed by atoms with van der Waals surface area (Å²) in [7, 11) is 0. The number of rotatable bonds is 12. The second kappa shape index (κ2) is 21.6. The van der Waals surface area contributed by atoms with Gasteiger partial charge in [0.25, 0.3) is 0 Å². The number of fused-ring (bicyclic) bond motifs is 3. The van der Waals surface area contributed by atoms with Crippen LogP contribution in [0.4, 0.5) is 0 Å². The van der Waals surface area contributed by atoms with Crippen molar-refractivity contribution in [2.24, 2.45) is 5.41 Å². The first-order valence-electron chi connectivity index (χ1n) is 22.9. The molecule has 10 rings (SSSR count). The molecule has 0 N–H and O–H groups in total. The molecule has 5 aromatic heterocycles. The molecule has 67 heavy (non-hydrogen) atoms. The van der Waals surface area contributed by atoms with Crippen molar-refractivity contribution >= 4 is 22.1 Å². The molecule has 0 radical (unpaired) electrons. The Kier molecular flexibility index (Phi) is 15.1. The third kappa shape index (κ3) is 11.9. The summed E-state index contributed by atoms with van der Waals surface area (Å²) in [5, 5.41) is 2.08. The van der Waals surface area contributed by atoms with Crippen LogP contribution < -0.4 is 0 Å². The van der Waals surface area contributed by atoms with Crippen LogP contribution in [0.15, 0.2) is 181 Å². The van der Waals surface area contributed by atoms with Crippen LogP contribution in [0, 0.1) is 30.5 Å². The number of benzene rings is 5. The largest absolute Gasteiger partial charge is 3.00 e. The zero-order chi connectivity index (χ0) is 45.3. The van der Waals surface area contributed by atoms with Gasteiger partial charge in [-0.2, -0.15) is 0 Å². The first-order chi connectivity index (χ1) is 32.2. The fraction of sp³-hybridized carbons (Fsp3) is 0.180. The normalized spacial score (nSPS) is 11.2. The first kappa shape index (κ1) is 46.7. The molecule has 0 unspecified atom stereocenters. The second-order valence-electron chi connectivity index (χ2n) is 18.2. The summed E-state index contributed by atoms with van der Waals surface area (Å²) < 4.78 is 6.08. The van der Waals surface area contributed by atoms with E-state index in [1.807, 2.05) is 86.2 Å². The van der Waals surface area contributed by atoms with Crippen molar-refractivity contribution in [2.75, 3.05) is 0 Å². The van der Waals surface area contributed by atoms with Crippen LogP contribution >= 0.6 is 0 Å². The van der Waals surface area contributed by atoms with Gasteiger partial charge in [0.1, 0.15) is 0 Å². The Morgan fingerprint density at radius 2 is 1.12 bits per heavy atom. The van der Waals surface area contributed by atoms with Gasteiger partial charge in [-0.1, -0.05) is 116 Å². The summed E-state index contributed by atoms with van der Waals surface area (Å²) in [6.45, 7) is 8.70. The quantitative estimate of drug-likeness (QED) is 0.114. The first-order valence-corrected chi connectivity index (χ1v) is 22.9. The van der Waals surface area contributed by atoms with Crippen LogP contribution in [-0.4, -0.2) is 19.9 Å². The Morgan fingerprint density at radius 1 is 0.493 bits per heavy atom. The predicted molar refractivity (Wildman–Crippen MR) is 269 cm³/mol. The molecule has 0 aliphatic heterocycles. The molecular weight excluding hydrogens is 997 g/mol. The molecule has 10 aromatic rings. The molecule has 0 bridgehead atoms. The predicted octanol–water partition coefficient (Wildman–Crippen LogP) is 14.3. The van der Waals surface area contributed by atoms with Crippen molar-refractivity contribution < 1.29 is 24.5 Å². The zero-order valence-corrected chi connectivity index (χ0v) is 40.9. The minimum absolute atomic E-state index is 0. The number of nitrogens with zero attached hydrogens (tertiary/aromatic N) is 4. The van der Waals surface area contributed by atoms with Gasteiger partial charge in [-0.15, -0.1) is 89.5 Å². The topological polar surface area (TPSA) is 64.7 Å². The van der Waals surface area contributed by atoms with E-state index in [9.17, 15) is 0 Å². The van der Waals surface area contributed by atoms with Gasteiger partial charge >= 0.3 is 20.1 Å². The minimum atomic E-state index is 0. The van der Waals surface area contributed by atoms with Crippen molar-refractivity contribution in [1.29, 1.82) is 0 Å². The number of aryl methyl sites for hydroxylation is 5. The third-order valence-electron chi connectivity index (χ3n) is 11.9. The molecule has 5 aromatic carbocycles. The maximum Gasteiger partial charge on any atom is 3.00 e. The summed E-state index contributed by atoms with van der Waals surface area (Å²) in [5.41, 5.74) is 18.0. The Bertz CT molecular complexity index is 3080. The monoisotopic (exact) mass is 1050 g/mol. The van der Waals surface area contributed by atoms with Crippen molar-refractivity contribution in [3.8, 4) is 33.8 Å². The molecule has 5 heterocycles. The SMILES string of the molecule is Cc1ccc2c(n1)oc1c(-c3cc(CC(C)(C)C)ccn3)[c-]ccc12.[Ir+3].[c-]1ccccc1-c1cc(CCc2ccccc2Cc2ccccc2CCc2cc[c-]c(-c3ccccn3)c2)ccn1. The van der Waals surface area contributed by atoms with Crippen LogP contribution in [0.25, 0.3) is 55.8 Å². The summed E-state index contributed by atoms with van der Waals surface area (Å²) >= 11 is 0. The van der Waals surface area contributed by atoms with E-state index in [0.29, 0.717) is 5.71 Å². The van der Waals surface area contributed by atoms with Gasteiger partial charge in [0, 0.05) is 29.7 Å². The Balaban J connectivity index is 0.000000200. The number of aromatic nitrogens is 4. The standard InChI is InChI=1S/C39H32N2.C22H21N2O.Ir/c1-2-14-34(15-3-1)39-28-31(24-26-41-39)21-23-33-13-5-7-17-36(33)29-35-16-6-4-12-32(35)22-20-30-11-10-18-37(27-30)38-19-8-9-25-40-38;1-14-8-9-17-16-6-5-7-18(20(16)25-21(17)24-14)19-12-15(10-11-23-19)13-22(2,3)4;/h1-14,16-17,19,24-28H,20-23,29H2;5-6,8-12H,13H2,1-4H3;/q-2;-1;+3. The molecular formula is C61H53IrN4O. The maximum absolute atomic E-state index is 6.08. The van der Waals surface area contributed by atoms with Crippen molar-refractivity contribution in [3.05, 3.63) is 239 Å². The zero-order valence-electron chi connectivity index (χ0n) is 38.5. The number of pyridine rings is 4. The smallest absolute Gasteiger partial charge is 0.486 e. The van der Waals surface area contributed by atoms with E-state index in [2.05, 4.69) is 156 Å². The van der Waals surface area contributed by atoms with E-state index in [1.54, 1.807) is 0 Å². The van der Waals surface area contributed by atoms with E-state index >= 15 is 0 Å². The fourth-order valence-corrected chi connectivity index (χ4v) is 8.62. The molecule has 0 atom stereocenters. The number of furan rings is 1. The summed E-state index contributed by atoms with van der Waals surface area (Å²) in [6, 6.07) is 64.8. The van der Waals surface area contributed by atoms with E-state index < -0.39 is 0 Å². The molecule has 0 amide bonds. The van der Waals surface area contributed by atoms with Gasteiger partial charge in [-0.25, -0.2) is 4.98 Å². The van der Waals surface area contributed by atoms with Crippen LogP contribution in [0.2, 0.25) is 0 Å². The second-order valence-corrected chi connectivity index (χ2v) is 18.2. The molecule has 6 heteroatoms. The molecule has 0 aliphatic rings. The summed E-state index contributed by atoms with van der Waals surface area (Å²) in [5.74, 6) is 0. The van der Waals surface area contributed by atoms with Gasteiger partial charge in [0.2, 0.25) is 5.71 Å². The average Bonchev–Trinajstić information content (AvgIpc) is 3.72. The van der Waals surface area contributed by atoms with Crippen molar-refractivity contribution in [2.45, 2.75) is 66.2 Å². The molecule has 5 nitrogen and oxygen atoms in total. The molecule has 332 valence electrons. The van der Waals surface area contributed by atoms with Gasteiger partial charge in [0.05, 0.1) is 5.58 Å². The van der Waals surface area contributed by atoms with Gasteiger partial charge in [-0.05, 0) is 121 Å². The van der Waals surface area contributed by atoms with Crippen LogP contribution in [-0.2, 0) is 58.6 Å². The maximum atomic E-state index is 6.08. The van der Waals surface area contributed by atoms with Gasteiger partial charge < -0.3 is 19.4 Å². The van der Waals surface area contributed by atoms with E-state index in [-0.39, 0.29) is 25.5 Å². The molecule has 0 fully saturated rings. The molecule has 0 saturated heterocycles.